The van der Waals surface area contributed by atoms with Gasteiger partial charge in [0, 0.05) is 18.4 Å². The molecule has 0 amide bonds. The summed E-state index contributed by atoms with van der Waals surface area (Å²) < 4.78 is 5.72. The number of hydrogen-bond donors (Lipinski definition) is 1. The number of anilines is 1. The zero-order valence-electron chi connectivity index (χ0n) is 13.4. The number of nitriles is 1. The fourth-order valence-electron chi connectivity index (χ4n) is 2.26. The van der Waals surface area contributed by atoms with Crippen molar-refractivity contribution in [2.45, 2.75) is 13.2 Å². The third kappa shape index (κ3) is 4.72. The van der Waals surface area contributed by atoms with Crippen molar-refractivity contribution in [3.05, 3.63) is 88.7 Å². The summed E-state index contributed by atoms with van der Waals surface area (Å²) in [5.41, 5.74) is 3.36. The molecule has 124 valence electrons. The lowest BCUT2D eigenvalue weighted by Crippen LogP contribution is -2.00. The van der Waals surface area contributed by atoms with Crippen LogP contribution in [0.2, 0.25) is 5.02 Å². The molecule has 0 spiro atoms. The van der Waals surface area contributed by atoms with Crippen LogP contribution in [0.3, 0.4) is 0 Å². The van der Waals surface area contributed by atoms with Crippen LogP contribution in [-0.4, -0.2) is 4.98 Å². The first kappa shape index (κ1) is 16.8. The van der Waals surface area contributed by atoms with Crippen molar-refractivity contribution >= 4 is 17.3 Å². The van der Waals surface area contributed by atoms with Gasteiger partial charge < -0.3 is 10.1 Å². The quantitative estimate of drug-likeness (QED) is 0.694. The van der Waals surface area contributed by atoms with Gasteiger partial charge in [0.1, 0.15) is 18.4 Å². The van der Waals surface area contributed by atoms with Crippen molar-refractivity contribution in [1.29, 1.82) is 5.26 Å². The Bertz CT molecular complexity index is 874. The monoisotopic (exact) mass is 349 g/mol. The molecule has 25 heavy (non-hydrogen) atoms. The molecule has 1 heterocycles. The van der Waals surface area contributed by atoms with Crippen LogP contribution in [0.15, 0.2) is 66.9 Å². The van der Waals surface area contributed by atoms with E-state index in [9.17, 15) is 0 Å². The lowest BCUT2D eigenvalue weighted by atomic mass is 10.2. The van der Waals surface area contributed by atoms with Crippen LogP contribution < -0.4 is 10.1 Å². The van der Waals surface area contributed by atoms with Crippen LogP contribution in [0, 0.1) is 11.3 Å². The van der Waals surface area contributed by atoms with Crippen molar-refractivity contribution in [3.8, 4) is 11.8 Å². The molecule has 0 saturated carbocycles. The summed E-state index contributed by atoms with van der Waals surface area (Å²) in [5, 5.41) is 12.6. The van der Waals surface area contributed by atoms with Crippen LogP contribution >= 0.6 is 11.6 Å². The zero-order valence-corrected chi connectivity index (χ0v) is 14.2. The first-order chi connectivity index (χ1) is 12.2. The molecule has 0 atom stereocenters. The second kappa shape index (κ2) is 8.18. The number of halogens is 1. The minimum Gasteiger partial charge on any atom is -0.487 e. The molecule has 1 aromatic heterocycles. The Kier molecular flexibility index (Phi) is 5.50. The van der Waals surface area contributed by atoms with E-state index in [1.165, 1.54) is 0 Å². The number of nitrogens with zero attached hydrogens (tertiary/aromatic N) is 2. The van der Waals surface area contributed by atoms with Gasteiger partial charge in [-0.1, -0.05) is 29.8 Å². The van der Waals surface area contributed by atoms with Gasteiger partial charge in [0.25, 0.3) is 0 Å². The number of nitrogens with one attached hydrogen (secondary N) is 1. The van der Waals surface area contributed by atoms with Crippen molar-refractivity contribution in [2.75, 3.05) is 5.32 Å². The molecule has 0 radical (unpaired) electrons. The Labute approximate surface area is 151 Å². The maximum Gasteiger partial charge on any atom is 0.130 e. The van der Waals surface area contributed by atoms with E-state index in [1.807, 2.05) is 54.6 Å². The lowest BCUT2D eigenvalue weighted by Gasteiger charge is -2.09. The molecule has 0 aliphatic carbocycles. The van der Waals surface area contributed by atoms with E-state index in [0.29, 0.717) is 23.7 Å². The van der Waals surface area contributed by atoms with Gasteiger partial charge in [-0.25, -0.2) is 0 Å². The minimum absolute atomic E-state index is 0.447. The summed E-state index contributed by atoms with van der Waals surface area (Å²) >= 11 is 6.03. The Balaban J connectivity index is 1.54. The second-order valence-electron chi connectivity index (χ2n) is 5.41. The van der Waals surface area contributed by atoms with Crippen LogP contribution in [0.4, 0.5) is 5.69 Å². The van der Waals surface area contributed by atoms with E-state index in [-0.39, 0.29) is 0 Å². The summed E-state index contributed by atoms with van der Waals surface area (Å²) in [6, 6.07) is 21.0. The largest absolute Gasteiger partial charge is 0.487 e. The van der Waals surface area contributed by atoms with E-state index in [2.05, 4.69) is 10.3 Å². The molecule has 2 aromatic carbocycles. The highest BCUT2D eigenvalue weighted by Crippen LogP contribution is 2.21. The number of aromatic nitrogens is 1. The van der Waals surface area contributed by atoms with Gasteiger partial charge in [-0.2, -0.15) is 5.26 Å². The molecule has 4 nitrogen and oxygen atoms in total. The van der Waals surface area contributed by atoms with Crippen molar-refractivity contribution in [3.63, 3.8) is 0 Å². The van der Waals surface area contributed by atoms with Gasteiger partial charge in [-0.05, 0) is 48.0 Å². The summed E-state index contributed by atoms with van der Waals surface area (Å²) in [6.07, 6.45) is 1.75. The van der Waals surface area contributed by atoms with E-state index >= 15 is 0 Å². The molecule has 1 N–H and O–H groups in total. The molecule has 0 aliphatic rings. The number of rotatable bonds is 6. The zero-order chi connectivity index (χ0) is 17.5. The topological polar surface area (TPSA) is 57.9 Å². The number of benzene rings is 2. The lowest BCUT2D eigenvalue weighted by molar-refractivity contribution is 0.301. The Hall–Kier alpha value is -3.03. The van der Waals surface area contributed by atoms with Crippen LogP contribution in [0.1, 0.15) is 16.8 Å². The Morgan fingerprint density at radius 3 is 2.60 bits per heavy atom. The fraction of sp³-hybridized carbons (Fsp3) is 0.100. The van der Waals surface area contributed by atoms with Gasteiger partial charge in [0.15, 0.2) is 0 Å². The number of hydrogen-bond acceptors (Lipinski definition) is 4. The van der Waals surface area contributed by atoms with E-state index in [4.69, 9.17) is 21.6 Å². The van der Waals surface area contributed by atoms with E-state index in [0.717, 1.165) is 22.7 Å². The number of ether oxygens (including phenoxy) is 1. The van der Waals surface area contributed by atoms with Crippen molar-refractivity contribution in [1.82, 2.24) is 4.98 Å². The van der Waals surface area contributed by atoms with Crippen LogP contribution in [0.5, 0.6) is 5.75 Å². The Morgan fingerprint density at radius 2 is 1.92 bits per heavy atom. The predicted octanol–water partition coefficient (Wildman–Crippen LogP) is 4.80. The number of pyridine rings is 1. The first-order valence-electron chi connectivity index (χ1n) is 7.80. The molecule has 0 unspecified atom stereocenters. The normalized spacial score (nSPS) is 10.1. The first-order valence-corrected chi connectivity index (χ1v) is 8.17. The van der Waals surface area contributed by atoms with Gasteiger partial charge in [-0.3, -0.25) is 4.98 Å². The maximum absolute atomic E-state index is 8.89. The molecule has 3 aromatic rings. The van der Waals surface area contributed by atoms with Gasteiger partial charge >= 0.3 is 0 Å². The summed E-state index contributed by atoms with van der Waals surface area (Å²) in [7, 11) is 0. The highest BCUT2D eigenvalue weighted by Gasteiger charge is 2.02. The van der Waals surface area contributed by atoms with Crippen molar-refractivity contribution in [2.24, 2.45) is 0 Å². The molecule has 0 saturated heterocycles. The predicted molar refractivity (Wildman–Crippen MR) is 98.5 cm³/mol. The maximum atomic E-state index is 8.89. The van der Waals surface area contributed by atoms with E-state index in [1.54, 1.807) is 18.3 Å². The van der Waals surface area contributed by atoms with Gasteiger partial charge in [0.2, 0.25) is 0 Å². The van der Waals surface area contributed by atoms with E-state index < -0.39 is 0 Å². The molecule has 5 heteroatoms. The molecular weight excluding hydrogens is 334 g/mol. The van der Waals surface area contributed by atoms with Crippen molar-refractivity contribution < 1.29 is 4.74 Å². The third-order valence-electron chi connectivity index (χ3n) is 3.62. The van der Waals surface area contributed by atoms with Crippen LogP contribution in [-0.2, 0) is 13.2 Å². The molecule has 3 rings (SSSR count). The van der Waals surface area contributed by atoms with Gasteiger partial charge in [-0.15, -0.1) is 0 Å². The average Bonchev–Trinajstić information content (AvgIpc) is 2.66. The summed E-state index contributed by atoms with van der Waals surface area (Å²) in [6.45, 7) is 1.10. The fourth-order valence-corrected chi connectivity index (χ4v) is 2.49. The minimum atomic E-state index is 0.447. The average molecular weight is 350 g/mol. The molecule has 0 aliphatic heterocycles. The SMILES string of the molecule is N#Cc1ccc(NCc2ccc(OCc3ccccn3)cc2)cc1Cl. The highest BCUT2D eigenvalue weighted by atomic mass is 35.5. The molecule has 0 fully saturated rings. The molecular formula is C20H16ClN3O. The van der Waals surface area contributed by atoms with Gasteiger partial charge in [0.05, 0.1) is 16.3 Å². The third-order valence-corrected chi connectivity index (χ3v) is 3.94. The second-order valence-corrected chi connectivity index (χ2v) is 5.82. The standard InChI is InChI=1S/C20H16ClN3O/c21-20-11-17(7-6-16(20)12-22)24-13-15-4-8-19(9-5-15)25-14-18-3-1-2-10-23-18/h1-11,24H,13-14H2. The highest BCUT2D eigenvalue weighted by molar-refractivity contribution is 6.32. The molecule has 0 bridgehead atoms. The Morgan fingerprint density at radius 1 is 1.08 bits per heavy atom. The summed E-state index contributed by atoms with van der Waals surface area (Å²) in [5.74, 6) is 0.802. The van der Waals surface area contributed by atoms with Crippen LogP contribution in [0.25, 0.3) is 0 Å². The summed E-state index contributed by atoms with van der Waals surface area (Å²) in [4.78, 5) is 4.23. The smallest absolute Gasteiger partial charge is 0.130 e.